The van der Waals surface area contributed by atoms with Crippen molar-refractivity contribution in [3.8, 4) is 22.6 Å². The minimum absolute atomic E-state index is 0.288. The van der Waals surface area contributed by atoms with Crippen molar-refractivity contribution >= 4 is 53.8 Å². The van der Waals surface area contributed by atoms with Crippen LogP contribution in [-0.4, -0.2) is 51.3 Å². The van der Waals surface area contributed by atoms with E-state index in [-0.39, 0.29) is 5.82 Å². The molecule has 1 N–H and O–H groups in total. The Kier molecular flexibility index (Phi) is 6.76. The summed E-state index contributed by atoms with van der Waals surface area (Å²) < 4.78 is 4.56. The number of halogens is 3. The molecule has 3 aromatic heterocycles. The zero-order chi connectivity index (χ0) is 22.8. The van der Waals surface area contributed by atoms with Crippen molar-refractivity contribution in [1.29, 1.82) is 0 Å². The molecule has 0 spiro atoms. The van der Waals surface area contributed by atoms with E-state index in [0.29, 0.717) is 24.2 Å². The summed E-state index contributed by atoms with van der Waals surface area (Å²) >= 11 is 10.5. The van der Waals surface area contributed by atoms with Gasteiger partial charge in [0.05, 0.1) is 12.7 Å². The SMILES string of the molecule is CCC(C(=O)O)n1nnc(-c2cncc(-c3cn(Cc4cc(Br)c(Br)c(Br)c4)nn3)c2)n1. The molecule has 4 aromatic rings. The van der Waals surface area contributed by atoms with E-state index in [2.05, 4.69) is 78.5 Å². The summed E-state index contributed by atoms with van der Waals surface area (Å²) in [6, 6.07) is 4.96. The largest absolute Gasteiger partial charge is 0.480 e. The number of nitrogens with zero attached hydrogens (tertiary/aromatic N) is 8. The summed E-state index contributed by atoms with van der Waals surface area (Å²) in [6.07, 6.45) is 5.43. The molecule has 3 heterocycles. The number of carbonyl (C=O) groups is 1. The predicted octanol–water partition coefficient (Wildman–Crippen LogP) is 4.37. The highest BCUT2D eigenvalue weighted by atomic mass is 79.9. The summed E-state index contributed by atoms with van der Waals surface area (Å²) in [6.45, 7) is 2.28. The maximum absolute atomic E-state index is 11.3. The van der Waals surface area contributed by atoms with E-state index in [1.54, 1.807) is 24.0 Å². The maximum Gasteiger partial charge on any atom is 0.330 e. The Bertz CT molecular complexity index is 1270. The summed E-state index contributed by atoms with van der Waals surface area (Å²) in [7, 11) is 0. The van der Waals surface area contributed by atoms with Crippen LogP contribution in [0.25, 0.3) is 22.6 Å². The molecule has 0 amide bonds. The van der Waals surface area contributed by atoms with Crippen molar-refractivity contribution in [2.45, 2.75) is 25.9 Å². The summed E-state index contributed by atoms with van der Waals surface area (Å²) in [4.78, 5) is 16.7. The summed E-state index contributed by atoms with van der Waals surface area (Å²) in [5, 5.41) is 29.8. The molecule has 0 aliphatic rings. The van der Waals surface area contributed by atoms with E-state index in [9.17, 15) is 9.90 Å². The first-order valence-corrected chi connectivity index (χ1v) is 11.7. The van der Waals surface area contributed by atoms with Gasteiger partial charge < -0.3 is 5.11 Å². The van der Waals surface area contributed by atoms with E-state index in [1.807, 2.05) is 24.4 Å². The third kappa shape index (κ3) is 4.79. The normalized spacial score (nSPS) is 12.1. The number of rotatable bonds is 7. The average molecular weight is 627 g/mol. The molecular formula is C19H15Br3N8O2. The van der Waals surface area contributed by atoms with Crippen LogP contribution in [0.2, 0.25) is 0 Å². The Balaban J connectivity index is 1.57. The molecule has 164 valence electrons. The van der Waals surface area contributed by atoms with Crippen molar-refractivity contribution in [2.24, 2.45) is 0 Å². The molecule has 1 unspecified atom stereocenters. The highest BCUT2D eigenvalue weighted by Crippen LogP contribution is 2.32. The second-order valence-corrected chi connectivity index (χ2v) is 9.33. The van der Waals surface area contributed by atoms with Gasteiger partial charge in [0.15, 0.2) is 6.04 Å². The topological polar surface area (TPSA) is 124 Å². The standard InChI is InChI=1S/C19H15Br3N8O2/c1-2-16(19(31)32)30-26-18(25-28-30)12-5-11(6-23-7-12)15-9-29(27-24-15)8-10-3-13(20)17(22)14(21)4-10/h3-7,9,16H,2,8H2,1H3,(H,31,32). The van der Waals surface area contributed by atoms with Gasteiger partial charge in [-0.25, -0.2) is 9.48 Å². The van der Waals surface area contributed by atoms with Gasteiger partial charge in [0.1, 0.15) is 5.69 Å². The minimum atomic E-state index is -1.01. The Morgan fingerprint density at radius 3 is 2.47 bits per heavy atom. The Labute approximate surface area is 207 Å². The second-order valence-electron chi connectivity index (χ2n) is 6.83. The highest BCUT2D eigenvalue weighted by Gasteiger charge is 2.21. The molecule has 4 rings (SSSR count). The van der Waals surface area contributed by atoms with Crippen LogP contribution in [0.15, 0.2) is 50.2 Å². The summed E-state index contributed by atoms with van der Waals surface area (Å²) in [5.41, 5.74) is 3.01. The number of carboxylic acid groups (broad SMARTS) is 1. The fraction of sp³-hybridized carbons (Fsp3) is 0.211. The molecule has 32 heavy (non-hydrogen) atoms. The van der Waals surface area contributed by atoms with Gasteiger partial charge in [0, 0.05) is 36.9 Å². The van der Waals surface area contributed by atoms with Crippen LogP contribution in [0.4, 0.5) is 0 Å². The zero-order valence-corrected chi connectivity index (χ0v) is 21.3. The molecule has 0 fully saturated rings. The first kappa shape index (κ1) is 22.7. The van der Waals surface area contributed by atoms with Crippen molar-refractivity contribution in [1.82, 2.24) is 40.2 Å². The molecule has 10 nitrogen and oxygen atoms in total. The van der Waals surface area contributed by atoms with Crippen molar-refractivity contribution in [3.05, 3.63) is 55.8 Å². The fourth-order valence-corrected chi connectivity index (χ4v) is 4.52. The number of aromatic nitrogens is 8. The highest BCUT2D eigenvalue weighted by molar-refractivity contribution is 9.14. The van der Waals surface area contributed by atoms with Gasteiger partial charge >= 0.3 is 5.97 Å². The van der Waals surface area contributed by atoms with Gasteiger partial charge in [-0.2, -0.15) is 0 Å². The molecule has 0 aliphatic carbocycles. The van der Waals surface area contributed by atoms with Gasteiger partial charge in [-0.3, -0.25) is 4.98 Å². The van der Waals surface area contributed by atoms with Gasteiger partial charge in [0.2, 0.25) is 5.82 Å². The van der Waals surface area contributed by atoms with Crippen LogP contribution in [-0.2, 0) is 11.3 Å². The lowest BCUT2D eigenvalue weighted by Gasteiger charge is -2.06. The van der Waals surface area contributed by atoms with E-state index >= 15 is 0 Å². The van der Waals surface area contributed by atoms with Crippen LogP contribution in [0.5, 0.6) is 0 Å². The number of aliphatic carboxylic acids is 1. The van der Waals surface area contributed by atoms with Crippen molar-refractivity contribution in [3.63, 3.8) is 0 Å². The van der Waals surface area contributed by atoms with E-state index in [4.69, 9.17) is 0 Å². The minimum Gasteiger partial charge on any atom is -0.480 e. The first-order valence-electron chi connectivity index (χ1n) is 9.37. The molecule has 1 aromatic carbocycles. The third-order valence-electron chi connectivity index (χ3n) is 4.60. The van der Waals surface area contributed by atoms with Crippen LogP contribution in [0.3, 0.4) is 0 Å². The van der Waals surface area contributed by atoms with Crippen molar-refractivity contribution < 1.29 is 9.90 Å². The van der Waals surface area contributed by atoms with E-state index in [0.717, 1.165) is 29.3 Å². The molecule has 0 bridgehead atoms. The van der Waals surface area contributed by atoms with Crippen LogP contribution < -0.4 is 0 Å². The molecule has 0 radical (unpaired) electrons. The maximum atomic E-state index is 11.3. The van der Waals surface area contributed by atoms with Crippen LogP contribution in [0.1, 0.15) is 24.9 Å². The number of hydrogen-bond donors (Lipinski definition) is 1. The number of tetrazole rings is 1. The summed E-state index contributed by atoms with van der Waals surface area (Å²) in [5.74, 6) is -0.722. The van der Waals surface area contributed by atoms with Gasteiger partial charge in [-0.1, -0.05) is 12.1 Å². The molecule has 0 saturated carbocycles. The third-order valence-corrected chi connectivity index (χ3v) is 7.77. The van der Waals surface area contributed by atoms with E-state index in [1.165, 1.54) is 0 Å². The van der Waals surface area contributed by atoms with Gasteiger partial charge in [-0.15, -0.1) is 20.1 Å². The average Bonchev–Trinajstić information content (AvgIpc) is 3.43. The zero-order valence-electron chi connectivity index (χ0n) is 16.5. The van der Waals surface area contributed by atoms with Gasteiger partial charge in [-0.05, 0) is 83.2 Å². The first-order chi connectivity index (χ1) is 15.4. The van der Waals surface area contributed by atoms with Crippen LogP contribution >= 0.6 is 47.8 Å². The lowest BCUT2D eigenvalue weighted by molar-refractivity contribution is -0.141. The lowest BCUT2D eigenvalue weighted by Crippen LogP contribution is -2.20. The fourth-order valence-electron chi connectivity index (χ4n) is 3.01. The number of benzene rings is 1. The van der Waals surface area contributed by atoms with E-state index < -0.39 is 12.0 Å². The smallest absolute Gasteiger partial charge is 0.330 e. The van der Waals surface area contributed by atoms with Crippen molar-refractivity contribution in [2.75, 3.05) is 0 Å². The molecular weight excluding hydrogens is 612 g/mol. The number of hydrogen-bond acceptors (Lipinski definition) is 7. The quantitative estimate of drug-likeness (QED) is 0.300. The molecule has 1 atom stereocenters. The molecule has 0 saturated heterocycles. The lowest BCUT2D eigenvalue weighted by atomic mass is 10.1. The van der Waals surface area contributed by atoms with Crippen LogP contribution in [0, 0.1) is 0 Å². The Morgan fingerprint density at radius 1 is 1.06 bits per heavy atom. The molecule has 0 aliphatic heterocycles. The van der Waals surface area contributed by atoms with Gasteiger partial charge in [0.25, 0.3) is 0 Å². The Hall–Kier alpha value is -2.51. The predicted molar refractivity (Wildman–Crippen MR) is 126 cm³/mol. The second kappa shape index (κ2) is 9.55. The number of pyridine rings is 1. The number of carboxylic acids is 1. The monoisotopic (exact) mass is 624 g/mol. The molecule has 13 heteroatoms. The Morgan fingerprint density at radius 2 is 1.78 bits per heavy atom.